The first-order chi connectivity index (χ1) is 5.72. The fourth-order valence-electron chi connectivity index (χ4n) is 1.27. The van der Waals surface area contributed by atoms with Gasteiger partial charge in [-0.3, -0.25) is 0 Å². The van der Waals surface area contributed by atoms with Gasteiger partial charge in [0.05, 0.1) is 0 Å². The highest BCUT2D eigenvalue weighted by molar-refractivity contribution is 5.17. The summed E-state index contributed by atoms with van der Waals surface area (Å²) in [6.45, 7) is 14.8. The van der Waals surface area contributed by atoms with E-state index in [1.807, 2.05) is 27.7 Å². The Morgan fingerprint density at radius 1 is 1.00 bits per heavy atom. The minimum Gasteiger partial charge on any atom is -0.0741 e. The van der Waals surface area contributed by atoms with Crippen LogP contribution in [0, 0.1) is 5.92 Å². The van der Waals surface area contributed by atoms with Gasteiger partial charge in [-0.2, -0.15) is 0 Å². The van der Waals surface area contributed by atoms with E-state index in [4.69, 9.17) is 0 Å². The van der Waals surface area contributed by atoms with Crippen molar-refractivity contribution in [3.8, 4) is 0 Å². The molecule has 0 aliphatic heterocycles. The molecule has 1 aliphatic carbocycles. The Hall–Kier alpha value is -0.260. The van der Waals surface area contributed by atoms with Gasteiger partial charge in [0, 0.05) is 0 Å². The summed E-state index contributed by atoms with van der Waals surface area (Å²) in [4.78, 5) is 0. The fourth-order valence-corrected chi connectivity index (χ4v) is 1.27. The summed E-state index contributed by atoms with van der Waals surface area (Å²) in [7, 11) is 0. The van der Waals surface area contributed by atoms with Crippen molar-refractivity contribution in [2.24, 2.45) is 5.92 Å². The highest BCUT2D eigenvalue weighted by atomic mass is 14.2. The monoisotopic (exact) mass is 170 g/mol. The zero-order valence-corrected chi connectivity index (χ0v) is 9.99. The lowest BCUT2D eigenvalue weighted by atomic mass is 10.1. The maximum absolute atomic E-state index is 2.31. The molecule has 0 N–H and O–H groups in total. The summed E-state index contributed by atoms with van der Waals surface area (Å²) in [5.41, 5.74) is 3.25. The summed E-state index contributed by atoms with van der Waals surface area (Å²) in [6.07, 6.45) is 2.73. The first-order valence-corrected chi connectivity index (χ1v) is 5.38. The lowest BCUT2D eigenvalue weighted by molar-refractivity contribution is 0.669. The van der Waals surface area contributed by atoms with E-state index in [1.54, 1.807) is 11.1 Å². The Bertz CT molecular complexity index is 120. The minimum atomic E-state index is 0.870. The minimum absolute atomic E-state index is 0.870. The normalized spacial score (nSPS) is 20.8. The highest BCUT2D eigenvalue weighted by Crippen LogP contribution is 2.30. The zero-order valence-electron chi connectivity index (χ0n) is 9.99. The molecule has 0 aromatic carbocycles. The quantitative estimate of drug-likeness (QED) is 0.458. The van der Waals surface area contributed by atoms with Crippen molar-refractivity contribution < 1.29 is 0 Å². The molecule has 0 amide bonds. The summed E-state index contributed by atoms with van der Waals surface area (Å²) in [5, 5.41) is 0. The van der Waals surface area contributed by atoms with Gasteiger partial charge in [-0.25, -0.2) is 0 Å². The SMILES string of the molecule is CC.CC.CC1=C(C)[C@H](C)CC1. The van der Waals surface area contributed by atoms with Crippen LogP contribution in [0.15, 0.2) is 11.1 Å². The van der Waals surface area contributed by atoms with Gasteiger partial charge in [0.2, 0.25) is 0 Å². The van der Waals surface area contributed by atoms with E-state index in [0.717, 1.165) is 5.92 Å². The first kappa shape index (κ1) is 14.3. The summed E-state index contributed by atoms with van der Waals surface area (Å²) < 4.78 is 0. The Labute approximate surface area is 79.1 Å². The van der Waals surface area contributed by atoms with Crippen LogP contribution in [0.4, 0.5) is 0 Å². The molecule has 0 spiro atoms. The van der Waals surface area contributed by atoms with Crippen molar-refractivity contribution in [3.63, 3.8) is 0 Å². The van der Waals surface area contributed by atoms with Crippen LogP contribution in [-0.4, -0.2) is 0 Å². The topological polar surface area (TPSA) is 0 Å². The first-order valence-electron chi connectivity index (χ1n) is 5.38. The van der Waals surface area contributed by atoms with Crippen LogP contribution < -0.4 is 0 Å². The van der Waals surface area contributed by atoms with Gasteiger partial charge in [0.1, 0.15) is 0 Å². The molecule has 1 aliphatic rings. The fraction of sp³-hybridized carbons (Fsp3) is 0.833. The molecule has 0 fully saturated rings. The molecule has 1 rings (SSSR count). The van der Waals surface area contributed by atoms with E-state index in [1.165, 1.54) is 12.8 Å². The van der Waals surface area contributed by atoms with Gasteiger partial charge >= 0.3 is 0 Å². The van der Waals surface area contributed by atoms with Crippen molar-refractivity contribution in [2.75, 3.05) is 0 Å². The lowest BCUT2D eigenvalue weighted by Crippen LogP contribution is -1.86. The van der Waals surface area contributed by atoms with Gasteiger partial charge in [-0.1, -0.05) is 45.8 Å². The van der Waals surface area contributed by atoms with Crippen LogP contribution in [0.3, 0.4) is 0 Å². The Morgan fingerprint density at radius 3 is 1.50 bits per heavy atom. The van der Waals surface area contributed by atoms with Crippen molar-refractivity contribution in [2.45, 2.75) is 61.3 Å². The summed E-state index contributed by atoms with van der Waals surface area (Å²) in [5.74, 6) is 0.870. The molecule has 0 heterocycles. The molecular formula is C12H26. The van der Waals surface area contributed by atoms with Gasteiger partial charge < -0.3 is 0 Å². The van der Waals surface area contributed by atoms with Crippen molar-refractivity contribution in [1.29, 1.82) is 0 Å². The third-order valence-corrected chi connectivity index (χ3v) is 2.36. The lowest BCUT2D eigenvalue weighted by Gasteiger charge is -2.00. The van der Waals surface area contributed by atoms with Crippen LogP contribution >= 0.6 is 0 Å². The Morgan fingerprint density at radius 2 is 1.42 bits per heavy atom. The van der Waals surface area contributed by atoms with E-state index < -0.39 is 0 Å². The van der Waals surface area contributed by atoms with E-state index in [2.05, 4.69) is 20.8 Å². The molecule has 0 radical (unpaired) electrons. The van der Waals surface area contributed by atoms with Gasteiger partial charge in [0.15, 0.2) is 0 Å². The molecule has 0 bridgehead atoms. The molecular weight excluding hydrogens is 144 g/mol. The molecule has 74 valence electrons. The van der Waals surface area contributed by atoms with Crippen LogP contribution in [0.25, 0.3) is 0 Å². The van der Waals surface area contributed by atoms with E-state index >= 15 is 0 Å². The second kappa shape index (κ2) is 8.83. The van der Waals surface area contributed by atoms with Crippen molar-refractivity contribution in [3.05, 3.63) is 11.1 Å². The third kappa shape index (κ3) is 4.58. The van der Waals surface area contributed by atoms with E-state index in [0.29, 0.717) is 0 Å². The Kier molecular flexibility index (Phi) is 10.5. The molecule has 0 unspecified atom stereocenters. The second-order valence-corrected chi connectivity index (χ2v) is 2.90. The molecule has 0 heteroatoms. The van der Waals surface area contributed by atoms with Crippen molar-refractivity contribution >= 4 is 0 Å². The maximum atomic E-state index is 2.31. The largest absolute Gasteiger partial charge is 0.0741 e. The van der Waals surface area contributed by atoms with Gasteiger partial charge in [-0.05, 0) is 32.6 Å². The Balaban J connectivity index is 0. The average Bonchev–Trinajstić information content (AvgIpc) is 2.43. The molecule has 0 aromatic rings. The predicted molar refractivity (Wildman–Crippen MR) is 59.5 cm³/mol. The van der Waals surface area contributed by atoms with E-state index in [9.17, 15) is 0 Å². The zero-order chi connectivity index (χ0) is 10.1. The van der Waals surface area contributed by atoms with Crippen LogP contribution in [0.5, 0.6) is 0 Å². The molecule has 0 saturated heterocycles. The van der Waals surface area contributed by atoms with Crippen LogP contribution in [0.1, 0.15) is 61.3 Å². The van der Waals surface area contributed by atoms with Crippen LogP contribution in [0.2, 0.25) is 0 Å². The third-order valence-electron chi connectivity index (χ3n) is 2.36. The maximum Gasteiger partial charge on any atom is -0.0229 e. The summed E-state index contributed by atoms with van der Waals surface area (Å²) in [6, 6.07) is 0. The predicted octanol–water partition coefficient (Wildman–Crippen LogP) is 4.81. The second-order valence-electron chi connectivity index (χ2n) is 2.90. The number of hydrogen-bond acceptors (Lipinski definition) is 0. The van der Waals surface area contributed by atoms with Gasteiger partial charge in [-0.15, -0.1) is 0 Å². The average molecular weight is 170 g/mol. The molecule has 1 atom stereocenters. The smallest absolute Gasteiger partial charge is 0.0229 e. The molecule has 0 saturated carbocycles. The van der Waals surface area contributed by atoms with Crippen molar-refractivity contribution in [1.82, 2.24) is 0 Å². The van der Waals surface area contributed by atoms with E-state index in [-0.39, 0.29) is 0 Å². The summed E-state index contributed by atoms with van der Waals surface area (Å²) >= 11 is 0. The number of hydrogen-bond donors (Lipinski definition) is 0. The molecule has 0 aromatic heterocycles. The number of rotatable bonds is 0. The standard InChI is InChI=1S/C8H14.2C2H6/c1-6-4-5-7(2)8(6)3;2*1-2/h6H,4-5H2,1-3H3;2*1-2H3/t6-;;/m1../s1. The highest BCUT2D eigenvalue weighted by Gasteiger charge is 2.13. The van der Waals surface area contributed by atoms with Crippen LogP contribution in [-0.2, 0) is 0 Å². The number of allylic oxidation sites excluding steroid dienone is 2. The van der Waals surface area contributed by atoms with Gasteiger partial charge in [0.25, 0.3) is 0 Å². The molecule has 0 nitrogen and oxygen atoms in total. The molecule has 12 heavy (non-hydrogen) atoms.